The molecule has 0 bridgehead atoms. The highest BCUT2D eigenvalue weighted by atomic mass is 14.9. The van der Waals surface area contributed by atoms with E-state index in [1.54, 1.807) is 12.3 Å². The molecule has 0 aliphatic rings. The van der Waals surface area contributed by atoms with Crippen LogP contribution in [0.25, 0.3) is 0 Å². The first-order chi connectivity index (χ1) is 7.09. The lowest BCUT2D eigenvalue weighted by Gasteiger charge is -2.19. The maximum atomic E-state index is 8.82. The van der Waals surface area contributed by atoms with Gasteiger partial charge in [-0.15, -0.1) is 6.42 Å². The van der Waals surface area contributed by atoms with Gasteiger partial charge in [0.25, 0.3) is 0 Å². The Bertz CT molecular complexity index is 421. The largest absolute Gasteiger partial charge is 0.297 e. The minimum atomic E-state index is -0.372. The van der Waals surface area contributed by atoms with E-state index in [1.165, 1.54) is 0 Å². The van der Waals surface area contributed by atoms with Crippen molar-refractivity contribution in [3.05, 3.63) is 29.6 Å². The highest BCUT2D eigenvalue weighted by Gasteiger charge is 2.13. The van der Waals surface area contributed by atoms with Gasteiger partial charge in [0.05, 0.1) is 5.54 Å². The second-order valence-corrected chi connectivity index (χ2v) is 3.75. The van der Waals surface area contributed by atoms with Gasteiger partial charge in [-0.25, -0.2) is 4.98 Å². The zero-order valence-corrected chi connectivity index (χ0v) is 8.91. The molecule has 0 aliphatic carbocycles. The smallest absolute Gasteiger partial charge is 0.144 e. The number of nitriles is 1. The molecule has 0 spiro atoms. The molecule has 3 heteroatoms. The van der Waals surface area contributed by atoms with Crippen molar-refractivity contribution in [2.45, 2.75) is 25.9 Å². The van der Waals surface area contributed by atoms with Crippen LogP contribution in [-0.2, 0) is 6.54 Å². The Morgan fingerprint density at radius 3 is 2.93 bits per heavy atom. The van der Waals surface area contributed by atoms with Crippen LogP contribution in [0.1, 0.15) is 25.1 Å². The first kappa shape index (κ1) is 11.2. The van der Waals surface area contributed by atoms with Gasteiger partial charge in [-0.1, -0.05) is 12.0 Å². The lowest BCUT2D eigenvalue weighted by molar-refractivity contribution is 0.490. The van der Waals surface area contributed by atoms with Crippen LogP contribution in [-0.4, -0.2) is 10.5 Å². The molecule has 1 rings (SSSR count). The fraction of sp³-hybridized carbons (Fsp3) is 0.333. The van der Waals surface area contributed by atoms with Crippen molar-refractivity contribution in [2.24, 2.45) is 0 Å². The quantitative estimate of drug-likeness (QED) is 0.750. The van der Waals surface area contributed by atoms with Crippen molar-refractivity contribution in [1.29, 1.82) is 5.26 Å². The van der Waals surface area contributed by atoms with E-state index >= 15 is 0 Å². The number of aromatic nitrogens is 1. The molecule has 1 aromatic heterocycles. The van der Waals surface area contributed by atoms with Gasteiger partial charge in [-0.3, -0.25) is 5.32 Å². The summed E-state index contributed by atoms with van der Waals surface area (Å²) in [6.45, 7) is 4.37. The summed E-state index contributed by atoms with van der Waals surface area (Å²) in [5, 5.41) is 12.0. The van der Waals surface area contributed by atoms with Crippen LogP contribution >= 0.6 is 0 Å². The van der Waals surface area contributed by atoms with Crippen molar-refractivity contribution in [1.82, 2.24) is 10.3 Å². The molecule has 0 aromatic carbocycles. The van der Waals surface area contributed by atoms with Crippen molar-refractivity contribution in [3.8, 4) is 18.4 Å². The molecule has 3 nitrogen and oxygen atoms in total. The number of terminal acetylenes is 1. The highest BCUT2D eigenvalue weighted by molar-refractivity contribution is 5.30. The Morgan fingerprint density at radius 1 is 1.60 bits per heavy atom. The van der Waals surface area contributed by atoms with Crippen LogP contribution in [0.15, 0.2) is 18.3 Å². The summed E-state index contributed by atoms with van der Waals surface area (Å²) in [6, 6.07) is 5.72. The second kappa shape index (κ2) is 4.59. The Hall–Kier alpha value is -1.84. The molecule has 0 aliphatic heterocycles. The summed E-state index contributed by atoms with van der Waals surface area (Å²) in [4.78, 5) is 3.97. The number of nitrogens with one attached hydrogen (secondary N) is 1. The Morgan fingerprint density at radius 2 is 2.33 bits per heavy atom. The molecule has 1 heterocycles. The van der Waals surface area contributed by atoms with Crippen LogP contribution in [0.3, 0.4) is 0 Å². The fourth-order valence-corrected chi connectivity index (χ4v) is 1.05. The molecular formula is C12H13N3. The SMILES string of the molecule is C#CC(C)(C)NCc1cccnc1C#N. The monoisotopic (exact) mass is 199 g/mol. The zero-order valence-electron chi connectivity index (χ0n) is 8.91. The third-order valence-electron chi connectivity index (χ3n) is 2.08. The van der Waals surface area contributed by atoms with Gasteiger partial charge in [0.1, 0.15) is 11.8 Å². The van der Waals surface area contributed by atoms with Crippen molar-refractivity contribution < 1.29 is 0 Å². The van der Waals surface area contributed by atoms with Crippen molar-refractivity contribution in [2.75, 3.05) is 0 Å². The standard InChI is InChI=1S/C12H13N3/c1-4-12(2,3)15-9-10-6-5-7-14-11(10)8-13/h1,5-7,15H,9H2,2-3H3. The third kappa shape index (κ3) is 3.09. The number of rotatable bonds is 3. The van der Waals surface area contributed by atoms with E-state index in [2.05, 4.69) is 16.2 Å². The topological polar surface area (TPSA) is 48.7 Å². The second-order valence-electron chi connectivity index (χ2n) is 3.75. The maximum absolute atomic E-state index is 8.82. The normalized spacial score (nSPS) is 10.4. The van der Waals surface area contributed by atoms with Gasteiger partial charge in [0.2, 0.25) is 0 Å². The Labute approximate surface area is 90.1 Å². The molecule has 15 heavy (non-hydrogen) atoms. The van der Waals surface area contributed by atoms with E-state index in [1.807, 2.05) is 26.0 Å². The van der Waals surface area contributed by atoms with E-state index < -0.39 is 0 Å². The van der Waals surface area contributed by atoms with Crippen LogP contribution in [0.2, 0.25) is 0 Å². The first-order valence-electron chi connectivity index (χ1n) is 4.66. The minimum absolute atomic E-state index is 0.372. The van der Waals surface area contributed by atoms with Crippen LogP contribution < -0.4 is 5.32 Å². The molecule has 0 saturated heterocycles. The van der Waals surface area contributed by atoms with Crippen molar-refractivity contribution in [3.63, 3.8) is 0 Å². The minimum Gasteiger partial charge on any atom is -0.297 e. The highest BCUT2D eigenvalue weighted by Crippen LogP contribution is 2.06. The predicted molar refractivity (Wildman–Crippen MR) is 58.7 cm³/mol. The number of hydrogen-bond donors (Lipinski definition) is 1. The number of pyridine rings is 1. The maximum Gasteiger partial charge on any atom is 0.144 e. The first-order valence-corrected chi connectivity index (χ1v) is 4.66. The lowest BCUT2D eigenvalue weighted by Crippen LogP contribution is -2.37. The van der Waals surface area contributed by atoms with Gasteiger partial charge < -0.3 is 0 Å². The average Bonchev–Trinajstić information content (AvgIpc) is 2.27. The van der Waals surface area contributed by atoms with Gasteiger partial charge in [0.15, 0.2) is 0 Å². The molecule has 1 aromatic rings. The van der Waals surface area contributed by atoms with Crippen molar-refractivity contribution >= 4 is 0 Å². The molecule has 0 unspecified atom stereocenters. The zero-order chi connectivity index (χ0) is 11.3. The van der Waals surface area contributed by atoms with E-state index in [9.17, 15) is 0 Å². The van der Waals surface area contributed by atoms with E-state index in [0.29, 0.717) is 12.2 Å². The molecule has 0 amide bonds. The Kier molecular flexibility index (Phi) is 3.44. The molecule has 0 radical (unpaired) electrons. The lowest BCUT2D eigenvalue weighted by atomic mass is 10.1. The van der Waals surface area contributed by atoms with Gasteiger partial charge in [-0.05, 0) is 19.9 Å². The van der Waals surface area contributed by atoms with E-state index in [0.717, 1.165) is 5.56 Å². The summed E-state index contributed by atoms with van der Waals surface area (Å²) in [5.41, 5.74) is 0.934. The summed E-state index contributed by atoms with van der Waals surface area (Å²) >= 11 is 0. The molecule has 0 atom stereocenters. The molecule has 0 saturated carbocycles. The molecule has 1 N–H and O–H groups in total. The average molecular weight is 199 g/mol. The molecule has 0 fully saturated rings. The van der Waals surface area contributed by atoms with Crippen LogP contribution in [0.4, 0.5) is 0 Å². The van der Waals surface area contributed by atoms with Gasteiger partial charge in [0, 0.05) is 18.3 Å². The third-order valence-corrected chi connectivity index (χ3v) is 2.08. The van der Waals surface area contributed by atoms with E-state index in [4.69, 9.17) is 11.7 Å². The summed E-state index contributed by atoms with van der Waals surface area (Å²) < 4.78 is 0. The molecule has 76 valence electrons. The fourth-order valence-electron chi connectivity index (χ4n) is 1.05. The number of nitrogens with zero attached hydrogens (tertiary/aromatic N) is 2. The van der Waals surface area contributed by atoms with Gasteiger partial charge in [-0.2, -0.15) is 5.26 Å². The predicted octanol–water partition coefficient (Wildman–Crippen LogP) is 1.45. The summed E-state index contributed by atoms with van der Waals surface area (Å²) in [5.74, 6) is 2.63. The van der Waals surface area contributed by atoms with Gasteiger partial charge >= 0.3 is 0 Å². The summed E-state index contributed by atoms with van der Waals surface area (Å²) in [6.07, 6.45) is 6.95. The van der Waals surface area contributed by atoms with Crippen LogP contribution in [0.5, 0.6) is 0 Å². The summed E-state index contributed by atoms with van der Waals surface area (Å²) in [7, 11) is 0. The Balaban J connectivity index is 2.76. The number of hydrogen-bond acceptors (Lipinski definition) is 3. The van der Waals surface area contributed by atoms with Crippen LogP contribution in [0, 0.1) is 23.7 Å². The molecular weight excluding hydrogens is 186 g/mol. The van der Waals surface area contributed by atoms with E-state index in [-0.39, 0.29) is 5.54 Å².